The third-order valence-corrected chi connectivity index (χ3v) is 2.80. The van der Waals surface area contributed by atoms with E-state index in [0.717, 1.165) is 12.8 Å². The predicted octanol–water partition coefficient (Wildman–Crippen LogP) is 1.63. The Balaban J connectivity index is 2.33. The number of allylic oxidation sites excluding steroid dienone is 2. The zero-order valence-electron chi connectivity index (χ0n) is 10.3. The summed E-state index contributed by atoms with van der Waals surface area (Å²) in [6.07, 6.45) is 6.17. The number of Topliss-reactive ketones (excluding diaryl/α,β-unsaturated/α-hetero) is 1. The Morgan fingerprint density at radius 2 is 2.33 bits per heavy atom. The summed E-state index contributed by atoms with van der Waals surface area (Å²) in [5.41, 5.74) is -0.0303. The van der Waals surface area contributed by atoms with Crippen LogP contribution in [0.2, 0.25) is 0 Å². The molecule has 0 amide bonds. The molecular weight excluding hydrogens is 232 g/mol. The summed E-state index contributed by atoms with van der Waals surface area (Å²) in [6.45, 7) is 0.959. The van der Waals surface area contributed by atoms with E-state index in [-0.39, 0.29) is 18.1 Å². The molecule has 0 saturated carbocycles. The van der Waals surface area contributed by atoms with Crippen LogP contribution in [-0.2, 0) is 14.3 Å². The lowest BCUT2D eigenvalue weighted by Gasteiger charge is -2.09. The van der Waals surface area contributed by atoms with E-state index in [1.54, 1.807) is 6.07 Å². The maximum absolute atomic E-state index is 11.5. The van der Waals surface area contributed by atoms with Crippen LogP contribution in [0.15, 0.2) is 12.2 Å². The van der Waals surface area contributed by atoms with Gasteiger partial charge in [0.05, 0.1) is 12.5 Å². The lowest BCUT2D eigenvalue weighted by atomic mass is 10.0. The zero-order valence-corrected chi connectivity index (χ0v) is 10.3. The number of carbonyl (C=O) groups excluding carboxylic acids is 2. The number of nitrogens with one attached hydrogen (secondary N) is 1. The smallest absolute Gasteiger partial charge is 0.306 e. The Hall–Kier alpha value is -1.96. The minimum absolute atomic E-state index is 0.0303. The van der Waals surface area contributed by atoms with Gasteiger partial charge in [0.1, 0.15) is 5.92 Å². The van der Waals surface area contributed by atoms with E-state index < -0.39 is 24.3 Å². The summed E-state index contributed by atoms with van der Waals surface area (Å²) < 4.78 is 4.83. The number of carbonyl (C=O) groups is 2. The third-order valence-electron chi connectivity index (χ3n) is 2.80. The first-order valence-electron chi connectivity index (χ1n) is 5.84. The number of hydrogen-bond acceptors (Lipinski definition) is 5. The largest absolute Gasteiger partial charge is 0.458 e. The van der Waals surface area contributed by atoms with Gasteiger partial charge in [0, 0.05) is 5.71 Å². The highest BCUT2D eigenvalue weighted by Crippen LogP contribution is 2.20. The minimum atomic E-state index is -1.11. The highest BCUT2D eigenvalue weighted by atomic mass is 16.5. The van der Waals surface area contributed by atoms with E-state index in [9.17, 15) is 9.59 Å². The molecule has 0 aromatic carbocycles. The van der Waals surface area contributed by atoms with Crippen molar-refractivity contribution in [3.05, 3.63) is 12.2 Å². The Kier molecular flexibility index (Phi) is 5.25. The molecule has 1 N–H and O–H groups in total. The van der Waals surface area contributed by atoms with E-state index in [0.29, 0.717) is 0 Å². The van der Waals surface area contributed by atoms with Crippen molar-refractivity contribution in [2.45, 2.75) is 26.2 Å². The first kappa shape index (κ1) is 14.1. The Morgan fingerprint density at radius 3 is 2.83 bits per heavy atom. The van der Waals surface area contributed by atoms with Gasteiger partial charge in [-0.3, -0.25) is 9.59 Å². The van der Waals surface area contributed by atoms with Crippen molar-refractivity contribution in [1.82, 2.24) is 0 Å². The van der Waals surface area contributed by atoms with E-state index in [1.807, 2.05) is 12.2 Å². The maximum Gasteiger partial charge on any atom is 0.306 e. The van der Waals surface area contributed by atoms with Gasteiger partial charge in [-0.1, -0.05) is 12.2 Å². The molecule has 0 aromatic rings. The fraction of sp³-hybridized carbons (Fsp3) is 0.538. The van der Waals surface area contributed by atoms with Gasteiger partial charge >= 0.3 is 5.97 Å². The highest BCUT2D eigenvalue weighted by molar-refractivity contribution is 6.05. The summed E-state index contributed by atoms with van der Waals surface area (Å²) in [4.78, 5) is 22.9. The molecule has 0 spiro atoms. The summed E-state index contributed by atoms with van der Waals surface area (Å²) in [7, 11) is 0. The molecule has 0 radical (unpaired) electrons. The molecule has 2 atom stereocenters. The molecule has 5 nitrogen and oxygen atoms in total. The van der Waals surface area contributed by atoms with Crippen LogP contribution < -0.4 is 0 Å². The van der Waals surface area contributed by atoms with E-state index in [4.69, 9.17) is 15.4 Å². The molecule has 5 heteroatoms. The second kappa shape index (κ2) is 6.70. The fourth-order valence-electron chi connectivity index (χ4n) is 1.78. The van der Waals surface area contributed by atoms with Crippen LogP contribution in [0.5, 0.6) is 0 Å². The third kappa shape index (κ3) is 4.13. The fourth-order valence-corrected chi connectivity index (χ4v) is 1.78. The van der Waals surface area contributed by atoms with Gasteiger partial charge in [0.25, 0.3) is 0 Å². The van der Waals surface area contributed by atoms with Gasteiger partial charge in [-0.05, 0) is 25.7 Å². The van der Waals surface area contributed by atoms with Gasteiger partial charge in [-0.15, -0.1) is 0 Å². The molecule has 0 aromatic heterocycles. The number of esters is 1. The lowest BCUT2D eigenvalue weighted by molar-refractivity contribution is -0.148. The minimum Gasteiger partial charge on any atom is -0.458 e. The average molecular weight is 248 g/mol. The normalized spacial score (nSPS) is 19.0. The van der Waals surface area contributed by atoms with Crippen LogP contribution in [0.3, 0.4) is 0 Å². The first-order valence-corrected chi connectivity index (χ1v) is 5.84. The lowest BCUT2D eigenvalue weighted by Crippen LogP contribution is -2.25. The van der Waals surface area contributed by atoms with Gasteiger partial charge in [-0.25, -0.2) is 0 Å². The second-order valence-electron chi connectivity index (χ2n) is 4.34. The standard InChI is InChI=1S/C13H16N2O3/c1-9(15)11(7-14)12(16)8-18-13(17)6-10-4-2-3-5-10/h2,4,10-11,15H,3,5-6,8H2,1H3/t10-,11?/m0/s1. The molecule has 0 saturated heterocycles. The molecule has 1 aliphatic carbocycles. The number of nitriles is 1. The average Bonchev–Trinajstić information content (AvgIpc) is 2.79. The Morgan fingerprint density at radius 1 is 1.61 bits per heavy atom. The Labute approximate surface area is 106 Å². The van der Waals surface area contributed by atoms with Crippen molar-refractivity contribution in [2.75, 3.05) is 6.61 Å². The topological polar surface area (TPSA) is 91.0 Å². The van der Waals surface area contributed by atoms with Gasteiger partial charge < -0.3 is 10.1 Å². The van der Waals surface area contributed by atoms with Crippen molar-refractivity contribution in [3.63, 3.8) is 0 Å². The molecule has 1 aliphatic rings. The van der Waals surface area contributed by atoms with Gasteiger partial charge in [-0.2, -0.15) is 5.26 Å². The zero-order chi connectivity index (χ0) is 13.5. The second-order valence-corrected chi connectivity index (χ2v) is 4.34. The summed E-state index contributed by atoms with van der Waals surface area (Å²) in [5, 5.41) is 16.0. The van der Waals surface area contributed by atoms with Crippen LogP contribution in [0, 0.1) is 28.6 Å². The van der Waals surface area contributed by atoms with Crippen LogP contribution in [0.25, 0.3) is 0 Å². The maximum atomic E-state index is 11.5. The molecule has 96 valence electrons. The Bertz CT molecular complexity index is 420. The van der Waals surface area contributed by atoms with Gasteiger partial charge in [0.2, 0.25) is 0 Å². The van der Waals surface area contributed by atoms with Crippen LogP contribution >= 0.6 is 0 Å². The van der Waals surface area contributed by atoms with Crippen LogP contribution in [-0.4, -0.2) is 24.1 Å². The first-order chi connectivity index (χ1) is 8.54. The monoisotopic (exact) mass is 248 g/mol. The van der Waals surface area contributed by atoms with Crippen molar-refractivity contribution in [3.8, 4) is 6.07 Å². The summed E-state index contributed by atoms with van der Waals surface area (Å²) in [5.74, 6) is -1.88. The van der Waals surface area contributed by atoms with Crippen molar-refractivity contribution in [1.29, 1.82) is 10.7 Å². The molecule has 0 heterocycles. The molecule has 18 heavy (non-hydrogen) atoms. The molecule has 0 bridgehead atoms. The van der Waals surface area contributed by atoms with Crippen LogP contribution in [0.1, 0.15) is 26.2 Å². The number of rotatable bonds is 6. The SMILES string of the molecule is CC(=N)C(C#N)C(=O)COC(=O)C[C@H]1C=CCC1. The van der Waals surface area contributed by atoms with Crippen LogP contribution in [0.4, 0.5) is 0 Å². The van der Waals surface area contributed by atoms with E-state index in [1.165, 1.54) is 6.92 Å². The molecule has 1 rings (SSSR count). The number of ether oxygens (including phenoxy) is 1. The number of ketones is 1. The van der Waals surface area contributed by atoms with Crippen molar-refractivity contribution in [2.24, 2.45) is 11.8 Å². The van der Waals surface area contributed by atoms with Crippen molar-refractivity contribution >= 4 is 17.5 Å². The molecule has 0 fully saturated rings. The van der Waals surface area contributed by atoms with Gasteiger partial charge in [0.15, 0.2) is 12.4 Å². The summed E-state index contributed by atoms with van der Waals surface area (Å²) >= 11 is 0. The molecular formula is C13H16N2O3. The predicted molar refractivity (Wildman–Crippen MR) is 65.0 cm³/mol. The quantitative estimate of drug-likeness (QED) is 0.439. The molecule has 1 unspecified atom stereocenters. The van der Waals surface area contributed by atoms with Crippen molar-refractivity contribution < 1.29 is 14.3 Å². The highest BCUT2D eigenvalue weighted by Gasteiger charge is 2.22. The number of hydrogen-bond donors (Lipinski definition) is 1. The number of nitrogens with zero attached hydrogens (tertiary/aromatic N) is 1. The van der Waals surface area contributed by atoms with E-state index in [2.05, 4.69) is 0 Å². The molecule has 0 aliphatic heterocycles. The summed E-state index contributed by atoms with van der Waals surface area (Å²) in [6, 6.07) is 1.72. The van der Waals surface area contributed by atoms with E-state index >= 15 is 0 Å².